The number of nitrogens with zero attached hydrogens (tertiary/aromatic N) is 3. The van der Waals surface area contributed by atoms with Crippen LogP contribution < -0.4 is 5.32 Å². The van der Waals surface area contributed by atoms with E-state index >= 15 is 0 Å². The first-order chi connectivity index (χ1) is 15.1. The van der Waals surface area contributed by atoms with Gasteiger partial charge in [-0.15, -0.1) is 24.0 Å². The highest BCUT2D eigenvalue weighted by Gasteiger charge is 2.24. The molecule has 2 saturated heterocycles. The number of hydrogen-bond acceptors (Lipinski definition) is 4. The molecule has 2 aliphatic rings. The molecule has 0 aromatic heterocycles. The van der Waals surface area contributed by atoms with E-state index in [0.717, 1.165) is 57.9 Å². The second-order valence-electron chi connectivity index (χ2n) is 8.60. The van der Waals surface area contributed by atoms with Crippen molar-refractivity contribution in [1.82, 2.24) is 15.1 Å². The molecular weight excluding hydrogens is 519 g/mol. The lowest BCUT2D eigenvalue weighted by atomic mass is 10.1. The SMILES string of the molecule is CN(C)C(=O)CN=C(NCCc1ccccc1)N1CCC(OCC2CCCCO2)CC1.I. The molecular formula is C24H39IN4O3. The Balaban J connectivity index is 0.00000363. The zero-order valence-electron chi connectivity index (χ0n) is 19.5. The van der Waals surface area contributed by atoms with Gasteiger partial charge in [0, 0.05) is 40.3 Å². The summed E-state index contributed by atoms with van der Waals surface area (Å²) in [7, 11) is 3.53. The zero-order valence-corrected chi connectivity index (χ0v) is 21.8. The number of halogens is 1. The summed E-state index contributed by atoms with van der Waals surface area (Å²) in [6, 6.07) is 10.4. The van der Waals surface area contributed by atoms with E-state index in [0.29, 0.717) is 6.61 Å². The number of ether oxygens (including phenoxy) is 2. The van der Waals surface area contributed by atoms with Crippen molar-refractivity contribution in [3.8, 4) is 0 Å². The second kappa shape index (κ2) is 14.7. The van der Waals surface area contributed by atoms with Crippen molar-refractivity contribution in [2.75, 3.05) is 53.5 Å². The Morgan fingerprint density at radius 1 is 1.19 bits per heavy atom. The number of guanidine groups is 1. The molecule has 0 bridgehead atoms. The number of likely N-dealkylation sites (N-methyl/N-ethyl adjacent to an activating group) is 1. The molecule has 8 heteroatoms. The molecule has 0 radical (unpaired) electrons. The van der Waals surface area contributed by atoms with Crippen molar-refractivity contribution in [3.63, 3.8) is 0 Å². The number of likely N-dealkylation sites (tertiary alicyclic amines) is 1. The first kappa shape index (κ1) is 26.9. The molecule has 7 nitrogen and oxygen atoms in total. The number of carbonyl (C=O) groups excluding carboxylic acids is 1. The second-order valence-corrected chi connectivity index (χ2v) is 8.60. The zero-order chi connectivity index (χ0) is 21.9. The lowest BCUT2D eigenvalue weighted by Crippen LogP contribution is -2.48. The Morgan fingerprint density at radius 3 is 2.59 bits per heavy atom. The molecule has 180 valence electrons. The molecule has 1 aromatic carbocycles. The number of nitrogens with one attached hydrogen (secondary N) is 1. The van der Waals surface area contributed by atoms with E-state index in [2.05, 4.69) is 39.5 Å². The van der Waals surface area contributed by atoms with E-state index in [1.807, 2.05) is 6.07 Å². The number of rotatable bonds is 8. The average Bonchev–Trinajstić information content (AvgIpc) is 2.81. The van der Waals surface area contributed by atoms with E-state index in [1.54, 1.807) is 19.0 Å². The third-order valence-electron chi connectivity index (χ3n) is 5.94. The number of piperidine rings is 1. The first-order valence-corrected chi connectivity index (χ1v) is 11.6. The van der Waals surface area contributed by atoms with E-state index in [-0.39, 0.29) is 48.6 Å². The van der Waals surface area contributed by atoms with Gasteiger partial charge < -0.3 is 24.6 Å². The molecule has 2 aliphatic heterocycles. The standard InChI is InChI=1S/C24H38N4O3.HI/c1-27(2)23(29)18-26-24(25-14-11-20-8-4-3-5-9-20)28-15-12-21(13-16-28)31-19-22-10-6-7-17-30-22;/h3-5,8-9,21-22H,6-7,10-19H2,1-2H3,(H,25,26);1H. The van der Waals surface area contributed by atoms with Crippen LogP contribution in [0.5, 0.6) is 0 Å². The number of aliphatic imine (C=N–C) groups is 1. The van der Waals surface area contributed by atoms with Gasteiger partial charge in [-0.2, -0.15) is 0 Å². The predicted octanol–water partition coefficient (Wildman–Crippen LogP) is 2.93. The molecule has 1 aromatic rings. The fourth-order valence-corrected chi connectivity index (χ4v) is 3.93. The van der Waals surface area contributed by atoms with Crippen LogP contribution in [0.15, 0.2) is 35.3 Å². The third-order valence-corrected chi connectivity index (χ3v) is 5.94. The van der Waals surface area contributed by atoms with E-state index < -0.39 is 0 Å². The van der Waals surface area contributed by atoms with Crippen LogP contribution >= 0.6 is 24.0 Å². The summed E-state index contributed by atoms with van der Waals surface area (Å²) < 4.78 is 11.9. The molecule has 3 rings (SSSR count). The average molecular weight is 559 g/mol. The summed E-state index contributed by atoms with van der Waals surface area (Å²) in [5.74, 6) is 0.827. The number of carbonyl (C=O) groups is 1. The highest BCUT2D eigenvalue weighted by molar-refractivity contribution is 14.0. The van der Waals surface area contributed by atoms with Crippen molar-refractivity contribution >= 4 is 35.8 Å². The number of benzene rings is 1. The maximum atomic E-state index is 12.1. The molecule has 2 fully saturated rings. The molecule has 0 spiro atoms. The highest BCUT2D eigenvalue weighted by Crippen LogP contribution is 2.18. The van der Waals surface area contributed by atoms with Crippen molar-refractivity contribution < 1.29 is 14.3 Å². The van der Waals surface area contributed by atoms with Crippen LogP contribution in [-0.4, -0.2) is 87.4 Å². The molecule has 0 aliphatic carbocycles. The fraction of sp³-hybridized carbons (Fsp3) is 0.667. The van der Waals surface area contributed by atoms with E-state index in [4.69, 9.17) is 9.47 Å². The topological polar surface area (TPSA) is 66.4 Å². The molecule has 1 atom stereocenters. The normalized spacial score (nSPS) is 19.9. The maximum absolute atomic E-state index is 12.1. The Bertz CT molecular complexity index is 688. The molecule has 1 amide bonds. The number of hydrogen-bond donors (Lipinski definition) is 1. The van der Waals surface area contributed by atoms with Crippen LogP contribution in [0.2, 0.25) is 0 Å². The monoisotopic (exact) mass is 558 g/mol. The van der Waals surface area contributed by atoms with Crippen LogP contribution in [0.4, 0.5) is 0 Å². The molecule has 0 saturated carbocycles. The first-order valence-electron chi connectivity index (χ1n) is 11.6. The number of amides is 1. The van der Waals surface area contributed by atoms with Crippen molar-refractivity contribution in [2.45, 2.75) is 50.7 Å². The van der Waals surface area contributed by atoms with Crippen molar-refractivity contribution in [2.24, 2.45) is 4.99 Å². The predicted molar refractivity (Wildman–Crippen MR) is 139 cm³/mol. The van der Waals surface area contributed by atoms with Crippen molar-refractivity contribution in [1.29, 1.82) is 0 Å². The molecule has 1 N–H and O–H groups in total. The van der Waals surface area contributed by atoms with E-state index in [9.17, 15) is 4.79 Å². The van der Waals surface area contributed by atoms with Gasteiger partial charge in [-0.1, -0.05) is 30.3 Å². The van der Waals surface area contributed by atoms with Crippen LogP contribution in [0.25, 0.3) is 0 Å². The third kappa shape index (κ3) is 9.23. The van der Waals surface area contributed by atoms with Crippen LogP contribution in [-0.2, 0) is 20.7 Å². The maximum Gasteiger partial charge on any atom is 0.243 e. The lowest BCUT2D eigenvalue weighted by Gasteiger charge is -2.35. The van der Waals surface area contributed by atoms with Gasteiger partial charge in [0.1, 0.15) is 6.54 Å². The largest absolute Gasteiger partial charge is 0.376 e. The summed E-state index contributed by atoms with van der Waals surface area (Å²) in [5, 5.41) is 3.48. The molecule has 2 heterocycles. The Labute approximate surface area is 209 Å². The summed E-state index contributed by atoms with van der Waals surface area (Å²) in [5.41, 5.74) is 1.29. The minimum atomic E-state index is 0. The van der Waals surface area contributed by atoms with Gasteiger partial charge >= 0.3 is 0 Å². The quantitative estimate of drug-likeness (QED) is 0.302. The fourth-order valence-electron chi connectivity index (χ4n) is 3.93. The van der Waals surface area contributed by atoms with Crippen LogP contribution in [0.3, 0.4) is 0 Å². The smallest absolute Gasteiger partial charge is 0.243 e. The van der Waals surface area contributed by atoms with Gasteiger partial charge in [-0.05, 0) is 44.1 Å². The summed E-state index contributed by atoms with van der Waals surface area (Å²) in [4.78, 5) is 20.5. The highest BCUT2D eigenvalue weighted by atomic mass is 127. The van der Waals surface area contributed by atoms with Crippen LogP contribution in [0.1, 0.15) is 37.7 Å². The minimum absolute atomic E-state index is 0. The molecule has 1 unspecified atom stereocenters. The van der Waals surface area contributed by atoms with Crippen LogP contribution in [0, 0.1) is 0 Å². The lowest BCUT2D eigenvalue weighted by molar-refractivity contribution is -0.127. The summed E-state index contributed by atoms with van der Waals surface area (Å²) in [6.45, 7) is 4.28. The Hall–Kier alpha value is -1.39. The summed E-state index contributed by atoms with van der Waals surface area (Å²) in [6.07, 6.45) is 6.92. The summed E-state index contributed by atoms with van der Waals surface area (Å²) >= 11 is 0. The van der Waals surface area contributed by atoms with Crippen molar-refractivity contribution in [3.05, 3.63) is 35.9 Å². The Kier molecular flexibility index (Phi) is 12.3. The van der Waals surface area contributed by atoms with Gasteiger partial charge in [0.25, 0.3) is 0 Å². The minimum Gasteiger partial charge on any atom is -0.376 e. The molecule has 32 heavy (non-hydrogen) atoms. The Morgan fingerprint density at radius 2 is 1.94 bits per heavy atom. The van der Waals surface area contributed by atoms with Gasteiger partial charge in [0.2, 0.25) is 5.91 Å². The van der Waals surface area contributed by atoms with Gasteiger partial charge in [-0.3, -0.25) is 4.79 Å². The van der Waals surface area contributed by atoms with Gasteiger partial charge in [0.05, 0.1) is 18.8 Å². The van der Waals surface area contributed by atoms with Gasteiger partial charge in [-0.25, -0.2) is 4.99 Å². The van der Waals surface area contributed by atoms with E-state index in [1.165, 1.54) is 18.4 Å². The van der Waals surface area contributed by atoms with Gasteiger partial charge in [0.15, 0.2) is 5.96 Å².